The van der Waals surface area contributed by atoms with Gasteiger partial charge >= 0.3 is 0 Å². The van der Waals surface area contributed by atoms with Gasteiger partial charge in [0, 0.05) is 49.5 Å². The van der Waals surface area contributed by atoms with Crippen LogP contribution in [-0.2, 0) is 0 Å². The minimum Gasteiger partial charge on any atom is -0.397 e. The largest absolute Gasteiger partial charge is 0.397 e. The number of fused-ring (bicyclic) bond motifs is 8. The molecule has 11 aromatic rings. The van der Waals surface area contributed by atoms with Crippen molar-refractivity contribution in [3.8, 4) is 45.0 Å². The smallest absolute Gasteiger partial charge is 0.234 e. The van der Waals surface area contributed by atoms with Crippen LogP contribution in [0.15, 0.2) is 182 Å². The van der Waals surface area contributed by atoms with E-state index in [0.717, 1.165) is 55.6 Å². The van der Waals surface area contributed by atoms with Crippen LogP contribution in [0.1, 0.15) is 187 Å². The molecular formula is C78H106N6O2. The topological polar surface area (TPSA) is 138 Å². The second kappa shape index (κ2) is 45.8. The third kappa shape index (κ3) is 18.9. The molecule has 86 heavy (non-hydrogen) atoms. The Kier molecular flexibility index (Phi) is 42.3. The Morgan fingerprint density at radius 2 is 0.395 bits per heavy atom. The number of anilines is 2. The summed E-state index contributed by atoms with van der Waals surface area (Å²) in [4.78, 5) is 42.4. The lowest BCUT2D eigenvalue weighted by Crippen LogP contribution is -2.05. The Labute approximate surface area is 520 Å². The molecule has 0 amide bonds. The number of aromatic nitrogens is 4. The normalized spacial score (nSPS) is 9.53. The third-order valence-electron chi connectivity index (χ3n) is 11.6. The number of para-hydroxylation sites is 6. The number of nitrogens with zero attached hydrogens (tertiary/aromatic N) is 4. The summed E-state index contributed by atoms with van der Waals surface area (Å²) in [6.07, 6.45) is 0. The zero-order chi connectivity index (χ0) is 65.9. The molecule has 0 radical (unpaired) electrons. The highest BCUT2D eigenvalue weighted by Crippen LogP contribution is 2.47. The van der Waals surface area contributed by atoms with Gasteiger partial charge in [0.1, 0.15) is 0 Å². The van der Waals surface area contributed by atoms with E-state index in [1.54, 1.807) is 36.4 Å². The van der Waals surface area contributed by atoms with E-state index in [0.29, 0.717) is 22.5 Å². The summed E-state index contributed by atoms with van der Waals surface area (Å²) in [7, 11) is 0. The van der Waals surface area contributed by atoms with Crippen molar-refractivity contribution in [2.45, 2.75) is 166 Å². The lowest BCUT2D eigenvalue weighted by atomic mass is 10.0. The number of nitrogens with two attached hydrogens (primary N) is 2. The zero-order valence-electron chi connectivity index (χ0n) is 57.1. The van der Waals surface area contributed by atoms with Gasteiger partial charge in [0.05, 0.1) is 56.2 Å². The number of Topliss-reactive ketones (excluding diaryl/α,β-unsaturated/α-hetero) is 2. The van der Waals surface area contributed by atoms with Crippen LogP contribution in [0.25, 0.3) is 99.4 Å². The quantitative estimate of drug-likeness (QED) is 0.113. The number of carbonyl (C=O) groups excluding carboxylic acids is 2. The van der Waals surface area contributed by atoms with Gasteiger partial charge in [-0.25, -0.2) is 19.9 Å². The van der Waals surface area contributed by atoms with Crippen LogP contribution in [0.3, 0.4) is 0 Å². The van der Waals surface area contributed by atoms with Crippen LogP contribution in [0.5, 0.6) is 0 Å². The van der Waals surface area contributed by atoms with Crippen LogP contribution in [-0.4, -0.2) is 31.5 Å². The molecule has 0 aliphatic heterocycles. The van der Waals surface area contributed by atoms with Gasteiger partial charge in [0.15, 0.2) is 0 Å². The van der Waals surface area contributed by atoms with Gasteiger partial charge in [-0.05, 0) is 52.6 Å². The van der Waals surface area contributed by atoms with Crippen LogP contribution >= 0.6 is 0 Å². The molecule has 0 saturated carbocycles. The molecule has 2 heterocycles. The summed E-state index contributed by atoms with van der Waals surface area (Å²) < 4.78 is 0. The van der Waals surface area contributed by atoms with E-state index in [4.69, 9.17) is 31.4 Å². The van der Waals surface area contributed by atoms with Gasteiger partial charge in [-0.15, -0.1) is 0 Å². The predicted octanol–water partition coefficient (Wildman–Crippen LogP) is 24.2. The summed E-state index contributed by atoms with van der Waals surface area (Å²) in [5.74, 6) is -0.756. The van der Waals surface area contributed by atoms with Gasteiger partial charge < -0.3 is 11.5 Å². The molecule has 0 bridgehead atoms. The average Bonchev–Trinajstić information content (AvgIpc) is 1.74. The SMILES string of the molecule is CC.CC.CC.CC.CC.CC.CC.CC.CC.CC.CC.CC.Nc1ccccc1N.O=C1C(=O)c2cccc3cccc1c23.c1cc2c3c(cccc3c1)-c1nc3ccccc3nc1-2.c1cc2c3c(cccc3c1)-c1nc3ccccc3nc1-2. The van der Waals surface area contributed by atoms with Crippen LogP contribution < -0.4 is 11.5 Å². The number of ketones is 2. The maximum absolute atomic E-state index is 11.5. The molecule has 2 aromatic heterocycles. The molecule has 460 valence electrons. The number of rotatable bonds is 0. The Morgan fingerprint density at radius 1 is 0.221 bits per heavy atom. The van der Waals surface area contributed by atoms with E-state index in [2.05, 4.69) is 72.8 Å². The Balaban J connectivity index is 0. The molecule has 3 aliphatic rings. The van der Waals surface area contributed by atoms with Crippen LogP contribution in [0.2, 0.25) is 0 Å². The van der Waals surface area contributed by atoms with Gasteiger partial charge in [-0.3, -0.25) is 9.59 Å². The first-order chi connectivity index (χ1) is 42.4. The standard InChI is InChI=1S/2C18H10N2.C12H6O2.C6H8N2.12C2H6/c2*1-2-10-15-14(9-1)19-17-12-7-3-5-11-6-4-8-13(16(11)12)18(17)20-15;13-11-8-5-1-3-7-4-2-6-9(10(7)8)12(11)14;7-5-3-1-2-4-6(5)8;12*1-2/h2*1-10H;1-6H;1-4H,7-8H2;12*1-2H3. The lowest BCUT2D eigenvalue weighted by Gasteiger charge is -2.02. The Bertz CT molecular complexity index is 3290. The van der Waals surface area contributed by atoms with Gasteiger partial charge in [0.25, 0.3) is 0 Å². The van der Waals surface area contributed by atoms with E-state index in [1.807, 2.05) is 239 Å². The molecule has 0 unspecified atom stereocenters. The number of carbonyl (C=O) groups is 2. The van der Waals surface area contributed by atoms with Gasteiger partial charge in [-0.1, -0.05) is 312 Å². The monoisotopic (exact) mass is 1160 g/mol. The maximum Gasteiger partial charge on any atom is 0.234 e. The fourth-order valence-corrected chi connectivity index (χ4v) is 8.70. The van der Waals surface area contributed by atoms with E-state index in [-0.39, 0.29) is 11.6 Å². The van der Waals surface area contributed by atoms with Gasteiger partial charge in [0.2, 0.25) is 11.6 Å². The minimum absolute atomic E-state index is 0.378. The first-order valence-electron chi connectivity index (χ1n) is 32.2. The Morgan fingerprint density at radius 3 is 0.593 bits per heavy atom. The molecule has 0 saturated heterocycles. The van der Waals surface area contributed by atoms with Crippen molar-refractivity contribution in [3.63, 3.8) is 0 Å². The molecule has 0 spiro atoms. The maximum atomic E-state index is 11.5. The van der Waals surface area contributed by atoms with E-state index in [1.165, 1.54) is 43.8 Å². The van der Waals surface area contributed by atoms with Gasteiger partial charge in [-0.2, -0.15) is 0 Å². The molecule has 0 fully saturated rings. The summed E-state index contributed by atoms with van der Waals surface area (Å²) in [6, 6.07) is 59.7. The molecular weight excluding hydrogens is 1050 g/mol. The fourth-order valence-electron chi connectivity index (χ4n) is 8.70. The van der Waals surface area contributed by atoms with Crippen molar-refractivity contribution in [2.24, 2.45) is 0 Å². The fraction of sp³-hybridized carbons (Fsp3) is 0.308. The van der Waals surface area contributed by atoms with Crippen molar-refractivity contribution in [2.75, 3.05) is 11.5 Å². The highest BCUT2D eigenvalue weighted by Gasteiger charge is 2.30. The predicted molar refractivity (Wildman–Crippen MR) is 387 cm³/mol. The number of hydrogen-bond acceptors (Lipinski definition) is 8. The van der Waals surface area contributed by atoms with Crippen molar-refractivity contribution in [1.82, 2.24) is 19.9 Å². The molecule has 14 rings (SSSR count). The first-order valence-corrected chi connectivity index (χ1v) is 32.2. The average molecular weight is 1160 g/mol. The second-order valence-corrected chi connectivity index (χ2v) is 15.2. The zero-order valence-corrected chi connectivity index (χ0v) is 57.1. The lowest BCUT2D eigenvalue weighted by molar-refractivity contribution is 0.0825. The highest BCUT2D eigenvalue weighted by molar-refractivity contribution is 6.57. The number of hydrogen-bond donors (Lipinski definition) is 2. The minimum atomic E-state index is -0.378. The molecule has 9 aromatic carbocycles. The number of benzene rings is 9. The first kappa shape index (κ1) is 79.4. The molecule has 8 nitrogen and oxygen atoms in total. The van der Waals surface area contributed by atoms with Crippen LogP contribution in [0, 0.1) is 0 Å². The number of nitrogen functional groups attached to an aromatic ring is 2. The van der Waals surface area contributed by atoms with Crippen molar-refractivity contribution < 1.29 is 9.59 Å². The summed E-state index contributed by atoms with van der Waals surface area (Å²) in [6.45, 7) is 48.0. The van der Waals surface area contributed by atoms with E-state index < -0.39 is 0 Å². The van der Waals surface area contributed by atoms with Crippen molar-refractivity contribution in [1.29, 1.82) is 0 Å². The van der Waals surface area contributed by atoms with Crippen molar-refractivity contribution >= 4 is 77.3 Å². The second-order valence-electron chi connectivity index (χ2n) is 15.2. The summed E-state index contributed by atoms with van der Waals surface area (Å²) in [5, 5.41) is 6.83. The molecule has 3 aliphatic carbocycles. The van der Waals surface area contributed by atoms with E-state index >= 15 is 0 Å². The highest BCUT2D eigenvalue weighted by atomic mass is 16.2. The Hall–Kier alpha value is -8.62. The molecule has 0 atom stereocenters. The van der Waals surface area contributed by atoms with E-state index in [9.17, 15) is 9.59 Å². The third-order valence-corrected chi connectivity index (χ3v) is 11.6. The molecule has 8 heteroatoms. The summed E-state index contributed by atoms with van der Waals surface area (Å²) >= 11 is 0. The summed E-state index contributed by atoms with van der Waals surface area (Å²) in [5.41, 5.74) is 25.8. The molecule has 4 N–H and O–H groups in total. The van der Waals surface area contributed by atoms with Crippen LogP contribution in [0.4, 0.5) is 11.4 Å². The van der Waals surface area contributed by atoms with Crippen molar-refractivity contribution in [3.05, 3.63) is 193 Å².